The van der Waals surface area contributed by atoms with Gasteiger partial charge in [-0.2, -0.15) is 0 Å². The number of para-hydroxylation sites is 2. The minimum atomic E-state index is 0.659. The number of hydrogen-bond donors (Lipinski definition) is 0. The molecule has 0 unspecified atom stereocenters. The molecule has 0 amide bonds. The van der Waals surface area contributed by atoms with Crippen molar-refractivity contribution < 1.29 is 4.42 Å². The fourth-order valence-corrected chi connectivity index (χ4v) is 3.00. The first-order valence-electron chi connectivity index (χ1n) is 8.29. The first kappa shape index (κ1) is 15.6. The summed E-state index contributed by atoms with van der Waals surface area (Å²) in [4.78, 5) is 11.5. The molecule has 2 heterocycles. The maximum Gasteiger partial charge on any atom is 0.226 e. The maximum atomic E-state index is 5.61. The zero-order valence-electron chi connectivity index (χ0n) is 14.4. The van der Waals surface area contributed by atoms with Crippen LogP contribution in [0.2, 0.25) is 0 Å². The predicted molar refractivity (Wildman–Crippen MR) is 97.8 cm³/mol. The molecule has 0 saturated heterocycles. The second-order valence-corrected chi connectivity index (χ2v) is 6.26. The summed E-state index contributed by atoms with van der Waals surface area (Å²) < 4.78 is 7.76. The van der Waals surface area contributed by atoms with Crippen molar-refractivity contribution >= 4 is 11.0 Å². The molecule has 0 radical (unpaired) electrons. The number of fused-ring (bicyclic) bond motifs is 1. The Kier molecular flexibility index (Phi) is 4.07. The monoisotopic (exact) mass is 332 g/mol. The van der Waals surface area contributed by atoms with Gasteiger partial charge in [0.2, 0.25) is 5.89 Å². The van der Waals surface area contributed by atoms with Gasteiger partial charge in [0.05, 0.1) is 23.3 Å². The van der Waals surface area contributed by atoms with Crippen molar-refractivity contribution in [3.63, 3.8) is 0 Å². The van der Waals surface area contributed by atoms with Gasteiger partial charge in [-0.3, -0.25) is 4.90 Å². The van der Waals surface area contributed by atoms with Gasteiger partial charge in [-0.05, 0) is 31.3 Å². The second kappa shape index (κ2) is 6.53. The largest absolute Gasteiger partial charge is 0.444 e. The highest BCUT2D eigenvalue weighted by molar-refractivity contribution is 5.75. The maximum absolute atomic E-state index is 5.61. The molecular weight excluding hydrogens is 312 g/mol. The van der Waals surface area contributed by atoms with Gasteiger partial charge in [-0.25, -0.2) is 9.97 Å². The Morgan fingerprint density at radius 3 is 2.52 bits per heavy atom. The van der Waals surface area contributed by atoms with Crippen molar-refractivity contribution in [1.82, 2.24) is 19.4 Å². The van der Waals surface area contributed by atoms with E-state index in [2.05, 4.69) is 34.6 Å². The Morgan fingerprint density at radius 1 is 0.960 bits per heavy atom. The van der Waals surface area contributed by atoms with Crippen LogP contribution in [0.5, 0.6) is 0 Å². The molecule has 25 heavy (non-hydrogen) atoms. The third-order valence-electron chi connectivity index (χ3n) is 4.30. The standard InChI is InChI=1S/C20H20N4O/c1-23(13-19-22-17-10-6-7-11-18(17)24(19)2)12-16-14-25-20(21-16)15-8-4-3-5-9-15/h3-11,14H,12-13H2,1-2H3. The van der Waals surface area contributed by atoms with Gasteiger partial charge in [-0.1, -0.05) is 30.3 Å². The fourth-order valence-electron chi connectivity index (χ4n) is 3.00. The highest BCUT2D eigenvalue weighted by Crippen LogP contribution is 2.19. The Balaban J connectivity index is 1.48. The quantitative estimate of drug-likeness (QED) is 0.557. The molecular formula is C20H20N4O. The summed E-state index contributed by atoms with van der Waals surface area (Å²) in [5, 5.41) is 0. The van der Waals surface area contributed by atoms with Crippen molar-refractivity contribution in [3.05, 3.63) is 72.4 Å². The van der Waals surface area contributed by atoms with Gasteiger partial charge in [-0.15, -0.1) is 0 Å². The zero-order chi connectivity index (χ0) is 17.2. The first-order chi connectivity index (χ1) is 12.2. The van der Waals surface area contributed by atoms with Crippen LogP contribution in [-0.4, -0.2) is 26.5 Å². The van der Waals surface area contributed by atoms with Crippen LogP contribution < -0.4 is 0 Å². The molecule has 4 aromatic rings. The summed E-state index contributed by atoms with van der Waals surface area (Å²) in [6.45, 7) is 1.46. The molecule has 0 bridgehead atoms. The van der Waals surface area contributed by atoms with Crippen LogP contribution in [0, 0.1) is 0 Å². The van der Waals surface area contributed by atoms with E-state index in [1.807, 2.05) is 48.5 Å². The molecule has 0 fully saturated rings. The van der Waals surface area contributed by atoms with Crippen LogP contribution in [-0.2, 0) is 20.1 Å². The van der Waals surface area contributed by atoms with E-state index in [4.69, 9.17) is 9.40 Å². The lowest BCUT2D eigenvalue weighted by Crippen LogP contribution is -2.19. The van der Waals surface area contributed by atoms with Crippen molar-refractivity contribution in [1.29, 1.82) is 0 Å². The number of hydrogen-bond acceptors (Lipinski definition) is 4. The average Bonchev–Trinajstić information content (AvgIpc) is 3.21. The molecule has 2 aromatic heterocycles. The molecule has 5 nitrogen and oxygen atoms in total. The Hall–Kier alpha value is -2.92. The number of benzene rings is 2. The summed E-state index contributed by atoms with van der Waals surface area (Å²) in [6.07, 6.45) is 1.73. The Bertz CT molecular complexity index is 987. The molecule has 0 N–H and O–H groups in total. The number of aryl methyl sites for hydroxylation is 1. The molecule has 0 saturated carbocycles. The summed E-state index contributed by atoms with van der Waals surface area (Å²) in [6, 6.07) is 18.1. The molecule has 0 aliphatic rings. The minimum absolute atomic E-state index is 0.659. The molecule has 126 valence electrons. The fraction of sp³-hybridized carbons (Fsp3) is 0.200. The first-order valence-corrected chi connectivity index (χ1v) is 8.29. The lowest BCUT2D eigenvalue weighted by molar-refractivity contribution is 0.303. The second-order valence-electron chi connectivity index (χ2n) is 6.26. The highest BCUT2D eigenvalue weighted by Gasteiger charge is 2.12. The van der Waals surface area contributed by atoms with E-state index in [1.165, 1.54) is 0 Å². The van der Waals surface area contributed by atoms with E-state index < -0.39 is 0 Å². The van der Waals surface area contributed by atoms with Gasteiger partial charge in [0.15, 0.2) is 0 Å². The Labute approximate surface area is 146 Å². The molecule has 4 rings (SSSR count). The third-order valence-corrected chi connectivity index (χ3v) is 4.30. The van der Waals surface area contributed by atoms with Crippen LogP contribution in [0.25, 0.3) is 22.5 Å². The highest BCUT2D eigenvalue weighted by atomic mass is 16.3. The van der Waals surface area contributed by atoms with E-state index in [1.54, 1.807) is 6.26 Å². The predicted octanol–water partition coefficient (Wildman–Crippen LogP) is 3.86. The van der Waals surface area contributed by atoms with Crippen molar-refractivity contribution in [2.75, 3.05) is 7.05 Å². The van der Waals surface area contributed by atoms with Crippen LogP contribution in [0.1, 0.15) is 11.5 Å². The van der Waals surface area contributed by atoms with Crippen LogP contribution in [0.4, 0.5) is 0 Å². The van der Waals surface area contributed by atoms with E-state index in [0.717, 1.165) is 34.7 Å². The molecule has 2 aromatic carbocycles. The Morgan fingerprint density at radius 2 is 1.72 bits per heavy atom. The SMILES string of the molecule is CN(Cc1coc(-c2ccccc2)n1)Cc1nc2ccccc2n1C. The summed E-state index contributed by atoms with van der Waals surface area (Å²) in [5.41, 5.74) is 4.09. The van der Waals surface area contributed by atoms with E-state index >= 15 is 0 Å². The molecule has 0 aliphatic carbocycles. The number of oxazole rings is 1. The number of nitrogens with zero attached hydrogens (tertiary/aromatic N) is 4. The van der Waals surface area contributed by atoms with Crippen LogP contribution >= 0.6 is 0 Å². The normalized spacial score (nSPS) is 11.5. The van der Waals surface area contributed by atoms with Crippen LogP contribution in [0.15, 0.2) is 65.3 Å². The summed E-state index contributed by atoms with van der Waals surface area (Å²) in [5.74, 6) is 1.70. The van der Waals surface area contributed by atoms with Crippen molar-refractivity contribution in [3.8, 4) is 11.5 Å². The van der Waals surface area contributed by atoms with Crippen molar-refractivity contribution in [2.24, 2.45) is 7.05 Å². The van der Waals surface area contributed by atoms with E-state index in [9.17, 15) is 0 Å². The van der Waals surface area contributed by atoms with Gasteiger partial charge >= 0.3 is 0 Å². The number of imidazole rings is 1. The van der Waals surface area contributed by atoms with E-state index in [-0.39, 0.29) is 0 Å². The lowest BCUT2D eigenvalue weighted by Gasteiger charge is -2.14. The third kappa shape index (κ3) is 3.19. The number of rotatable bonds is 5. The topological polar surface area (TPSA) is 47.1 Å². The lowest BCUT2D eigenvalue weighted by atomic mass is 10.2. The summed E-state index contributed by atoms with van der Waals surface area (Å²) in [7, 11) is 4.12. The smallest absolute Gasteiger partial charge is 0.226 e. The minimum Gasteiger partial charge on any atom is -0.444 e. The molecule has 5 heteroatoms. The molecule has 0 spiro atoms. The zero-order valence-corrected chi connectivity index (χ0v) is 14.4. The van der Waals surface area contributed by atoms with Gasteiger partial charge in [0.1, 0.15) is 12.1 Å². The number of aromatic nitrogens is 3. The van der Waals surface area contributed by atoms with Gasteiger partial charge in [0, 0.05) is 19.2 Å². The van der Waals surface area contributed by atoms with E-state index in [0.29, 0.717) is 12.4 Å². The molecule has 0 atom stereocenters. The average molecular weight is 332 g/mol. The van der Waals surface area contributed by atoms with Gasteiger partial charge < -0.3 is 8.98 Å². The van der Waals surface area contributed by atoms with Crippen molar-refractivity contribution in [2.45, 2.75) is 13.1 Å². The van der Waals surface area contributed by atoms with Crippen LogP contribution in [0.3, 0.4) is 0 Å². The molecule has 0 aliphatic heterocycles. The van der Waals surface area contributed by atoms with Gasteiger partial charge in [0.25, 0.3) is 0 Å². The summed E-state index contributed by atoms with van der Waals surface area (Å²) >= 11 is 0.